The summed E-state index contributed by atoms with van der Waals surface area (Å²) < 4.78 is 43.4. The van der Waals surface area contributed by atoms with Crippen LogP contribution >= 0.6 is 0 Å². The molecule has 0 aromatic heterocycles. The van der Waals surface area contributed by atoms with Crippen molar-refractivity contribution in [2.75, 3.05) is 55.6 Å². The molecular weight excluding hydrogens is 513 g/mol. The summed E-state index contributed by atoms with van der Waals surface area (Å²) in [7, 11) is 0. The topological polar surface area (TPSA) is 30.0 Å². The number of nitrogens with zero attached hydrogens (tertiary/aromatic N) is 4. The van der Waals surface area contributed by atoms with E-state index in [-0.39, 0.29) is 11.6 Å². The lowest BCUT2D eigenvalue weighted by atomic mass is 9.76. The largest absolute Gasteiger partial charge is 0.418 e. The van der Waals surface area contributed by atoms with Crippen molar-refractivity contribution in [3.05, 3.63) is 23.8 Å². The number of carbonyl (C=O) groups is 1. The molecule has 4 aliphatic heterocycles. The molecule has 1 aromatic carbocycles. The van der Waals surface area contributed by atoms with Gasteiger partial charge >= 0.3 is 6.18 Å². The van der Waals surface area contributed by atoms with Crippen molar-refractivity contribution < 1.29 is 18.0 Å². The van der Waals surface area contributed by atoms with Crippen LogP contribution in [-0.2, 0) is 11.0 Å². The molecule has 1 saturated carbocycles. The molecule has 0 N–H and O–H groups in total. The van der Waals surface area contributed by atoms with Gasteiger partial charge in [0.25, 0.3) is 0 Å². The van der Waals surface area contributed by atoms with Gasteiger partial charge in [-0.1, -0.05) is 25.7 Å². The summed E-state index contributed by atoms with van der Waals surface area (Å²) in [5.74, 6) is 0.670. The van der Waals surface area contributed by atoms with Crippen LogP contribution in [0.2, 0.25) is 0 Å². The molecular formula is C32H47F3N4O. The van der Waals surface area contributed by atoms with Gasteiger partial charge in [0.2, 0.25) is 5.91 Å². The predicted molar refractivity (Wildman–Crippen MR) is 154 cm³/mol. The second-order valence-electron chi connectivity index (χ2n) is 13.5. The number of rotatable bonds is 5. The minimum atomic E-state index is -4.51. The van der Waals surface area contributed by atoms with Crippen LogP contribution in [0.25, 0.3) is 0 Å². The summed E-state index contributed by atoms with van der Waals surface area (Å²) in [6.07, 6.45) is 8.94. The van der Waals surface area contributed by atoms with Gasteiger partial charge in [0, 0.05) is 44.0 Å². The fraction of sp³-hybridized carbons (Fsp3) is 0.781. The fourth-order valence-electron chi connectivity index (χ4n) is 8.51. The third-order valence-corrected chi connectivity index (χ3v) is 11.0. The van der Waals surface area contributed by atoms with Gasteiger partial charge in [-0.25, -0.2) is 0 Å². The highest BCUT2D eigenvalue weighted by molar-refractivity contribution is 6.00. The van der Waals surface area contributed by atoms with E-state index in [0.717, 1.165) is 64.4 Å². The van der Waals surface area contributed by atoms with E-state index in [1.807, 2.05) is 6.07 Å². The lowest BCUT2D eigenvalue weighted by Gasteiger charge is -2.40. The van der Waals surface area contributed by atoms with Gasteiger partial charge in [-0.05, 0) is 102 Å². The molecule has 5 fully saturated rings. The van der Waals surface area contributed by atoms with E-state index in [0.29, 0.717) is 30.7 Å². The van der Waals surface area contributed by atoms with Crippen LogP contribution in [0, 0.1) is 11.3 Å². The normalized spacial score (nSPS) is 29.1. The van der Waals surface area contributed by atoms with E-state index < -0.39 is 17.2 Å². The highest BCUT2D eigenvalue weighted by Gasteiger charge is 2.50. The van der Waals surface area contributed by atoms with Gasteiger partial charge < -0.3 is 14.7 Å². The first-order valence-corrected chi connectivity index (χ1v) is 16.0. The molecule has 1 spiro atoms. The van der Waals surface area contributed by atoms with Crippen LogP contribution in [0.15, 0.2) is 18.2 Å². The molecule has 4 heterocycles. The number of halogens is 3. The number of benzene rings is 1. The Morgan fingerprint density at radius 2 is 1.60 bits per heavy atom. The Bertz CT molecular complexity index is 1050. The summed E-state index contributed by atoms with van der Waals surface area (Å²) in [6.45, 7) is 8.16. The average Bonchev–Trinajstić information content (AvgIpc) is 3.56. The van der Waals surface area contributed by atoms with E-state index in [1.54, 1.807) is 6.07 Å². The molecule has 0 bridgehead atoms. The Kier molecular flexibility index (Phi) is 8.12. The van der Waals surface area contributed by atoms with Gasteiger partial charge in [0.05, 0.1) is 16.7 Å². The summed E-state index contributed by atoms with van der Waals surface area (Å²) in [5.41, 5.74) is -0.499. The minimum absolute atomic E-state index is 0.0446. The van der Waals surface area contributed by atoms with Crippen LogP contribution in [-0.4, -0.2) is 73.6 Å². The molecule has 1 aromatic rings. The highest BCUT2D eigenvalue weighted by atomic mass is 19.4. The summed E-state index contributed by atoms with van der Waals surface area (Å²) >= 11 is 0. The number of piperidine rings is 2. The smallest absolute Gasteiger partial charge is 0.370 e. The molecule has 5 aliphatic rings. The molecule has 6 rings (SSSR count). The quantitative estimate of drug-likeness (QED) is 0.408. The molecule has 0 radical (unpaired) electrons. The molecule has 222 valence electrons. The van der Waals surface area contributed by atoms with E-state index in [2.05, 4.69) is 21.6 Å². The lowest BCUT2D eigenvalue weighted by Crippen LogP contribution is -2.46. The molecule has 40 heavy (non-hydrogen) atoms. The van der Waals surface area contributed by atoms with E-state index in [4.69, 9.17) is 0 Å². The lowest BCUT2D eigenvalue weighted by molar-refractivity contribution is -0.137. The third kappa shape index (κ3) is 5.64. The Labute approximate surface area is 238 Å². The van der Waals surface area contributed by atoms with Crippen LogP contribution < -0.4 is 9.80 Å². The summed E-state index contributed by atoms with van der Waals surface area (Å²) in [4.78, 5) is 22.4. The van der Waals surface area contributed by atoms with Gasteiger partial charge in [0.1, 0.15) is 0 Å². The van der Waals surface area contributed by atoms with Gasteiger partial charge in [-0.3, -0.25) is 9.69 Å². The van der Waals surface area contributed by atoms with Crippen LogP contribution in [0.3, 0.4) is 0 Å². The zero-order chi connectivity index (χ0) is 27.9. The molecule has 1 amide bonds. The number of alkyl halides is 3. The molecule has 5 nitrogen and oxygen atoms in total. The maximum atomic E-state index is 14.5. The van der Waals surface area contributed by atoms with E-state index in [1.165, 1.54) is 62.3 Å². The Hall–Kier alpha value is -1.80. The second-order valence-corrected chi connectivity index (χ2v) is 13.5. The van der Waals surface area contributed by atoms with Crippen molar-refractivity contribution >= 4 is 17.3 Å². The molecule has 2 atom stereocenters. The molecule has 4 saturated heterocycles. The first-order valence-electron chi connectivity index (χ1n) is 16.0. The maximum absolute atomic E-state index is 14.5. The standard InChI is InChI=1S/C32H47F3N4O/c1-24-7-5-6-16-38(24)27-12-17-37(23-27)26-10-11-29(28(21-26)32(33,34)35)39-20-15-31(30(39)40)13-18-36(19-14-31)22-25-8-3-2-4-9-25/h10-11,21,24-25,27H,2-9,12-20,22-23H2,1H3/t24-,27-/m0/s1. The number of carbonyl (C=O) groups excluding carboxylic acids is 1. The Morgan fingerprint density at radius 3 is 2.33 bits per heavy atom. The van der Waals surface area contributed by atoms with Gasteiger partial charge in [-0.2, -0.15) is 13.2 Å². The van der Waals surface area contributed by atoms with Crippen molar-refractivity contribution in [2.45, 2.75) is 102 Å². The van der Waals surface area contributed by atoms with Crippen molar-refractivity contribution in [1.82, 2.24) is 9.80 Å². The summed E-state index contributed by atoms with van der Waals surface area (Å²) in [5, 5.41) is 0. The van der Waals surface area contributed by atoms with Crippen LogP contribution in [0.5, 0.6) is 0 Å². The first kappa shape index (κ1) is 28.3. The third-order valence-electron chi connectivity index (χ3n) is 11.0. The van der Waals surface area contributed by atoms with E-state index >= 15 is 0 Å². The van der Waals surface area contributed by atoms with Crippen molar-refractivity contribution in [3.63, 3.8) is 0 Å². The Morgan fingerprint density at radius 1 is 0.875 bits per heavy atom. The molecule has 1 aliphatic carbocycles. The number of likely N-dealkylation sites (tertiary alicyclic amines) is 2. The average molecular weight is 561 g/mol. The zero-order valence-corrected chi connectivity index (χ0v) is 24.2. The second kappa shape index (κ2) is 11.5. The zero-order valence-electron chi connectivity index (χ0n) is 24.2. The number of hydrogen-bond acceptors (Lipinski definition) is 4. The van der Waals surface area contributed by atoms with Gasteiger partial charge in [-0.15, -0.1) is 0 Å². The fourth-order valence-corrected chi connectivity index (χ4v) is 8.51. The number of amides is 1. The number of hydrogen-bond donors (Lipinski definition) is 0. The van der Waals surface area contributed by atoms with Crippen LogP contribution in [0.1, 0.15) is 89.5 Å². The molecule has 0 unspecified atom stereocenters. The minimum Gasteiger partial charge on any atom is -0.370 e. The summed E-state index contributed by atoms with van der Waals surface area (Å²) in [6, 6.07) is 5.64. The SMILES string of the molecule is C[C@H]1CCCCN1[C@H]1CCN(c2ccc(N3CCC4(CCN(CC5CCCCC5)CC4)C3=O)c(C(F)(F)F)c2)C1. The predicted octanol–water partition coefficient (Wildman–Crippen LogP) is 6.56. The van der Waals surface area contributed by atoms with E-state index in [9.17, 15) is 18.0 Å². The molecule has 8 heteroatoms. The maximum Gasteiger partial charge on any atom is 0.418 e. The Balaban J connectivity index is 1.14. The van der Waals surface area contributed by atoms with Gasteiger partial charge in [0.15, 0.2) is 0 Å². The highest BCUT2D eigenvalue weighted by Crippen LogP contribution is 2.47. The number of anilines is 2. The first-order chi connectivity index (χ1) is 19.2. The van der Waals surface area contributed by atoms with Crippen molar-refractivity contribution in [1.29, 1.82) is 0 Å². The van der Waals surface area contributed by atoms with Crippen molar-refractivity contribution in [2.24, 2.45) is 11.3 Å². The van der Waals surface area contributed by atoms with Crippen LogP contribution in [0.4, 0.5) is 24.5 Å². The monoisotopic (exact) mass is 560 g/mol. The van der Waals surface area contributed by atoms with Crippen molar-refractivity contribution in [3.8, 4) is 0 Å².